The molecule has 7 rings (SSSR count). The lowest BCUT2D eigenvalue weighted by Crippen LogP contribution is -2.31. The third-order valence-electron chi connectivity index (χ3n) is 9.56. The van der Waals surface area contributed by atoms with Gasteiger partial charge in [-0.3, -0.25) is 0 Å². The largest absolute Gasteiger partial charge is 0.310 e. The fourth-order valence-electron chi connectivity index (χ4n) is 7.33. The average Bonchev–Trinajstić information content (AvgIpc) is 3.15. The monoisotopic (exact) mass is 541 g/mol. The van der Waals surface area contributed by atoms with Crippen molar-refractivity contribution in [1.29, 1.82) is 10.5 Å². The molecule has 1 atom stereocenters. The summed E-state index contributed by atoms with van der Waals surface area (Å²) in [6, 6.07) is 43.4. The molecule has 0 N–H and O–H groups in total. The Hall–Kier alpha value is -5.12. The molecule has 3 heteroatoms. The van der Waals surface area contributed by atoms with E-state index >= 15 is 0 Å². The molecule has 2 aliphatic rings. The lowest BCUT2D eigenvalue weighted by molar-refractivity contribution is 0.631. The van der Waals surface area contributed by atoms with Crippen LogP contribution in [0.2, 0.25) is 0 Å². The maximum atomic E-state index is 9.99. The minimum absolute atomic E-state index is 0.126. The SMILES string of the molecule is CC1(C)c2ccccc2N(c2ccc3c(c2)C(C)(c2ccccc2)c2cc(C#N)c(C#N)cc2CC3)c2ccccc21. The van der Waals surface area contributed by atoms with Gasteiger partial charge in [-0.15, -0.1) is 0 Å². The van der Waals surface area contributed by atoms with Crippen molar-refractivity contribution in [3.63, 3.8) is 0 Å². The lowest BCUT2D eigenvalue weighted by atomic mass is 9.68. The van der Waals surface area contributed by atoms with Crippen LogP contribution in [0.3, 0.4) is 0 Å². The summed E-state index contributed by atoms with van der Waals surface area (Å²) in [5.41, 5.74) is 12.3. The van der Waals surface area contributed by atoms with Crippen molar-refractivity contribution in [2.45, 2.75) is 44.4 Å². The quantitative estimate of drug-likeness (QED) is 0.224. The van der Waals surface area contributed by atoms with Gasteiger partial charge in [0.15, 0.2) is 0 Å². The molecule has 1 unspecified atom stereocenters. The highest BCUT2D eigenvalue weighted by atomic mass is 15.2. The van der Waals surface area contributed by atoms with Crippen LogP contribution in [0.5, 0.6) is 0 Å². The summed E-state index contributed by atoms with van der Waals surface area (Å²) in [6.07, 6.45) is 1.68. The van der Waals surface area contributed by atoms with Crippen LogP contribution in [-0.2, 0) is 23.7 Å². The number of nitriles is 2. The topological polar surface area (TPSA) is 50.8 Å². The fourth-order valence-corrected chi connectivity index (χ4v) is 7.33. The molecule has 0 aromatic heterocycles. The predicted molar refractivity (Wildman–Crippen MR) is 169 cm³/mol. The molecule has 42 heavy (non-hydrogen) atoms. The Labute approximate surface area is 247 Å². The van der Waals surface area contributed by atoms with Gasteiger partial charge in [0.05, 0.1) is 22.5 Å². The van der Waals surface area contributed by atoms with E-state index in [9.17, 15) is 10.5 Å². The van der Waals surface area contributed by atoms with Gasteiger partial charge in [-0.25, -0.2) is 0 Å². The highest BCUT2D eigenvalue weighted by Gasteiger charge is 2.40. The summed E-state index contributed by atoms with van der Waals surface area (Å²) < 4.78 is 0. The van der Waals surface area contributed by atoms with E-state index in [1.165, 1.54) is 39.2 Å². The minimum atomic E-state index is -0.522. The second-order valence-corrected chi connectivity index (χ2v) is 12.1. The number of para-hydroxylation sites is 2. The molecule has 1 aliphatic heterocycles. The Balaban J connectivity index is 1.52. The van der Waals surface area contributed by atoms with E-state index < -0.39 is 5.41 Å². The summed E-state index contributed by atoms with van der Waals surface area (Å²) in [4.78, 5) is 2.41. The van der Waals surface area contributed by atoms with Crippen LogP contribution < -0.4 is 4.90 Å². The van der Waals surface area contributed by atoms with Crippen LogP contribution in [0.15, 0.2) is 109 Å². The summed E-state index contributed by atoms with van der Waals surface area (Å²) in [5, 5.41) is 19.8. The van der Waals surface area contributed by atoms with Crippen molar-refractivity contribution in [2.75, 3.05) is 4.90 Å². The summed E-state index contributed by atoms with van der Waals surface area (Å²) in [7, 11) is 0. The number of hydrogen-bond acceptors (Lipinski definition) is 3. The van der Waals surface area contributed by atoms with Gasteiger partial charge in [0.25, 0.3) is 0 Å². The van der Waals surface area contributed by atoms with E-state index in [4.69, 9.17) is 0 Å². The average molecular weight is 542 g/mol. The highest BCUT2D eigenvalue weighted by molar-refractivity contribution is 5.86. The van der Waals surface area contributed by atoms with E-state index in [0.29, 0.717) is 11.1 Å². The molecule has 0 amide bonds. The first-order valence-corrected chi connectivity index (χ1v) is 14.5. The molecule has 1 heterocycles. The number of aryl methyl sites for hydroxylation is 2. The van der Waals surface area contributed by atoms with Gasteiger partial charge >= 0.3 is 0 Å². The van der Waals surface area contributed by atoms with Crippen LogP contribution in [0.25, 0.3) is 0 Å². The highest BCUT2D eigenvalue weighted by Crippen LogP contribution is 2.53. The molecule has 3 nitrogen and oxygen atoms in total. The van der Waals surface area contributed by atoms with Gasteiger partial charge in [0, 0.05) is 16.5 Å². The van der Waals surface area contributed by atoms with Crippen molar-refractivity contribution in [2.24, 2.45) is 0 Å². The lowest BCUT2D eigenvalue weighted by Gasteiger charge is -2.42. The van der Waals surface area contributed by atoms with E-state index in [-0.39, 0.29) is 5.41 Å². The maximum absolute atomic E-state index is 9.99. The van der Waals surface area contributed by atoms with Crippen LogP contribution in [0, 0.1) is 22.7 Å². The number of fused-ring (bicyclic) bond motifs is 4. The van der Waals surface area contributed by atoms with E-state index in [0.717, 1.165) is 29.7 Å². The molecular weight excluding hydrogens is 510 g/mol. The molecule has 0 saturated carbocycles. The van der Waals surface area contributed by atoms with Crippen molar-refractivity contribution >= 4 is 17.1 Å². The number of nitrogens with zero attached hydrogens (tertiary/aromatic N) is 3. The maximum Gasteiger partial charge on any atom is 0.101 e. The van der Waals surface area contributed by atoms with Crippen LogP contribution in [-0.4, -0.2) is 0 Å². The number of benzene rings is 5. The standard InChI is InChI=1S/C39H31N3/c1-38(2)32-13-7-9-15-36(32)42(37-16-10-8-14-33(37)38)31-20-19-26-17-18-27-21-28(24-40)29(25-41)22-34(27)39(3,35(26)23-31)30-11-5-4-6-12-30/h4-16,19-23H,17-18H2,1-3H3. The summed E-state index contributed by atoms with van der Waals surface area (Å²) in [6.45, 7) is 6.90. The Bertz CT molecular complexity index is 1910. The summed E-state index contributed by atoms with van der Waals surface area (Å²) >= 11 is 0. The third kappa shape index (κ3) is 3.64. The van der Waals surface area contributed by atoms with Gasteiger partial charge in [0.1, 0.15) is 12.1 Å². The third-order valence-corrected chi connectivity index (χ3v) is 9.56. The Morgan fingerprint density at radius 3 is 1.76 bits per heavy atom. The zero-order valence-corrected chi connectivity index (χ0v) is 24.1. The smallest absolute Gasteiger partial charge is 0.101 e. The van der Waals surface area contributed by atoms with Crippen LogP contribution in [0.4, 0.5) is 17.1 Å². The van der Waals surface area contributed by atoms with Crippen LogP contribution in [0.1, 0.15) is 70.8 Å². The van der Waals surface area contributed by atoms with E-state index in [1.54, 1.807) is 0 Å². The van der Waals surface area contributed by atoms with Crippen molar-refractivity contribution in [1.82, 2.24) is 0 Å². The zero-order valence-electron chi connectivity index (χ0n) is 24.1. The van der Waals surface area contributed by atoms with Crippen molar-refractivity contribution in [3.8, 4) is 12.1 Å². The first-order valence-electron chi connectivity index (χ1n) is 14.5. The molecule has 0 radical (unpaired) electrons. The van der Waals surface area contributed by atoms with E-state index in [1.807, 2.05) is 18.2 Å². The molecular formula is C39H31N3. The summed E-state index contributed by atoms with van der Waals surface area (Å²) in [5.74, 6) is 0. The van der Waals surface area contributed by atoms with E-state index in [2.05, 4.69) is 129 Å². The first-order chi connectivity index (χ1) is 20.4. The number of rotatable bonds is 2. The molecule has 0 fully saturated rings. The Morgan fingerprint density at radius 2 is 1.12 bits per heavy atom. The first kappa shape index (κ1) is 25.8. The molecule has 5 aromatic rings. The molecule has 5 aromatic carbocycles. The molecule has 1 aliphatic carbocycles. The zero-order chi connectivity index (χ0) is 29.1. The number of anilines is 3. The second-order valence-electron chi connectivity index (χ2n) is 12.1. The van der Waals surface area contributed by atoms with Gasteiger partial charge in [-0.05, 0) is 95.1 Å². The predicted octanol–water partition coefficient (Wildman–Crippen LogP) is 8.99. The minimum Gasteiger partial charge on any atom is -0.310 e. The van der Waals surface area contributed by atoms with Gasteiger partial charge in [-0.2, -0.15) is 10.5 Å². The van der Waals surface area contributed by atoms with Crippen molar-refractivity contribution in [3.05, 3.63) is 159 Å². The van der Waals surface area contributed by atoms with Gasteiger partial charge in [0.2, 0.25) is 0 Å². The van der Waals surface area contributed by atoms with Gasteiger partial charge < -0.3 is 4.90 Å². The Morgan fingerprint density at radius 1 is 0.571 bits per heavy atom. The van der Waals surface area contributed by atoms with Crippen LogP contribution >= 0.6 is 0 Å². The normalized spacial score (nSPS) is 17.9. The number of hydrogen-bond donors (Lipinski definition) is 0. The van der Waals surface area contributed by atoms with Gasteiger partial charge in [-0.1, -0.05) is 86.6 Å². The molecule has 0 spiro atoms. The molecule has 0 bridgehead atoms. The second kappa shape index (κ2) is 9.47. The molecule has 202 valence electrons. The molecule has 0 saturated heterocycles. The van der Waals surface area contributed by atoms with Crippen molar-refractivity contribution < 1.29 is 0 Å². The Kier molecular flexibility index (Phi) is 5.82. The fraction of sp³-hybridized carbons (Fsp3) is 0.179.